The lowest BCUT2D eigenvalue weighted by molar-refractivity contribution is -0.274. The van der Waals surface area contributed by atoms with Gasteiger partial charge in [-0.25, -0.2) is 8.78 Å². The molecule has 2 aromatic carbocycles. The van der Waals surface area contributed by atoms with Crippen LogP contribution in [0.1, 0.15) is 15.9 Å². The van der Waals surface area contributed by atoms with Crippen molar-refractivity contribution >= 4 is 5.78 Å². The van der Waals surface area contributed by atoms with Crippen LogP contribution in [0.3, 0.4) is 0 Å². The summed E-state index contributed by atoms with van der Waals surface area (Å²) >= 11 is 0. The fourth-order valence-corrected chi connectivity index (χ4v) is 1.64. The molecule has 2 aromatic rings. The molecular weight excluding hydrogens is 295 g/mol. The van der Waals surface area contributed by atoms with Crippen molar-refractivity contribution in [2.75, 3.05) is 0 Å². The second-order valence-corrected chi connectivity index (χ2v) is 4.03. The van der Waals surface area contributed by atoms with Gasteiger partial charge in [0.15, 0.2) is 17.4 Å². The molecule has 7 heteroatoms. The van der Waals surface area contributed by atoms with E-state index in [1.165, 1.54) is 12.1 Å². The summed E-state index contributed by atoms with van der Waals surface area (Å²) in [5, 5.41) is 0. The molecule has 0 aliphatic carbocycles. The first-order valence-corrected chi connectivity index (χ1v) is 5.62. The lowest BCUT2D eigenvalue weighted by atomic mass is 10.0. The van der Waals surface area contributed by atoms with Gasteiger partial charge in [0.1, 0.15) is 5.75 Å². The number of alkyl halides is 3. The van der Waals surface area contributed by atoms with Crippen molar-refractivity contribution in [1.82, 2.24) is 0 Å². The second-order valence-electron chi connectivity index (χ2n) is 4.03. The second kappa shape index (κ2) is 5.51. The van der Waals surface area contributed by atoms with E-state index in [0.717, 1.165) is 24.3 Å². The van der Waals surface area contributed by atoms with Crippen LogP contribution in [0.15, 0.2) is 42.5 Å². The molecule has 0 heterocycles. The van der Waals surface area contributed by atoms with Gasteiger partial charge in [-0.1, -0.05) is 12.1 Å². The van der Waals surface area contributed by atoms with Gasteiger partial charge in [-0.15, -0.1) is 13.2 Å². The zero-order valence-corrected chi connectivity index (χ0v) is 10.2. The Morgan fingerprint density at radius 2 is 1.57 bits per heavy atom. The lowest BCUT2D eigenvalue weighted by Crippen LogP contribution is -2.17. The maximum atomic E-state index is 13.1. The van der Waals surface area contributed by atoms with Gasteiger partial charge < -0.3 is 4.74 Å². The van der Waals surface area contributed by atoms with E-state index in [0.29, 0.717) is 6.07 Å². The minimum atomic E-state index is -4.89. The smallest absolute Gasteiger partial charge is 0.406 e. The lowest BCUT2D eigenvalue weighted by Gasteiger charge is -2.09. The molecule has 110 valence electrons. The van der Waals surface area contributed by atoms with Crippen molar-refractivity contribution in [2.24, 2.45) is 0 Å². The van der Waals surface area contributed by atoms with Crippen LogP contribution in [0.4, 0.5) is 22.0 Å². The summed E-state index contributed by atoms with van der Waals surface area (Å²) in [6, 6.07) is 6.80. The first kappa shape index (κ1) is 15.0. The van der Waals surface area contributed by atoms with Gasteiger partial charge in [0, 0.05) is 11.1 Å². The maximum Gasteiger partial charge on any atom is 0.573 e. The van der Waals surface area contributed by atoms with E-state index in [9.17, 15) is 26.7 Å². The van der Waals surface area contributed by atoms with Crippen LogP contribution in [0.2, 0.25) is 0 Å². The summed E-state index contributed by atoms with van der Waals surface area (Å²) in [6.45, 7) is 0. The predicted octanol–water partition coefficient (Wildman–Crippen LogP) is 4.09. The Hall–Kier alpha value is -2.44. The average molecular weight is 302 g/mol. The van der Waals surface area contributed by atoms with Crippen molar-refractivity contribution in [3.8, 4) is 5.75 Å². The molecule has 0 aliphatic rings. The summed E-state index contributed by atoms with van der Waals surface area (Å²) in [4.78, 5) is 12.0. The zero-order chi connectivity index (χ0) is 15.6. The first-order chi connectivity index (χ1) is 9.76. The van der Waals surface area contributed by atoms with Crippen LogP contribution < -0.4 is 4.74 Å². The molecule has 2 rings (SSSR count). The molecule has 0 saturated heterocycles. The van der Waals surface area contributed by atoms with Gasteiger partial charge in [-0.05, 0) is 30.3 Å². The van der Waals surface area contributed by atoms with E-state index >= 15 is 0 Å². The Bertz CT molecular complexity index is 679. The molecule has 21 heavy (non-hydrogen) atoms. The van der Waals surface area contributed by atoms with E-state index in [2.05, 4.69) is 4.74 Å². The van der Waals surface area contributed by atoms with Crippen molar-refractivity contribution < 1.29 is 31.5 Å². The van der Waals surface area contributed by atoms with E-state index in [4.69, 9.17) is 0 Å². The Kier molecular flexibility index (Phi) is 3.93. The number of ketones is 1. The number of ether oxygens (including phenoxy) is 1. The first-order valence-electron chi connectivity index (χ1n) is 5.62. The molecule has 0 radical (unpaired) electrons. The molecule has 0 atom stereocenters. The van der Waals surface area contributed by atoms with Crippen LogP contribution in [0, 0.1) is 11.6 Å². The van der Waals surface area contributed by atoms with Gasteiger partial charge in [-0.2, -0.15) is 0 Å². The van der Waals surface area contributed by atoms with Crippen LogP contribution in [0.25, 0.3) is 0 Å². The number of carbonyl (C=O) groups excluding carboxylic acids is 1. The normalized spacial score (nSPS) is 11.3. The maximum absolute atomic E-state index is 13.1. The third kappa shape index (κ3) is 3.77. The highest BCUT2D eigenvalue weighted by Crippen LogP contribution is 2.24. The molecule has 0 spiro atoms. The van der Waals surface area contributed by atoms with Gasteiger partial charge in [-0.3, -0.25) is 4.79 Å². The highest BCUT2D eigenvalue weighted by molar-refractivity contribution is 6.09. The average Bonchev–Trinajstić information content (AvgIpc) is 2.39. The van der Waals surface area contributed by atoms with E-state index in [-0.39, 0.29) is 11.1 Å². The Labute approximate surface area is 115 Å². The van der Waals surface area contributed by atoms with Crippen molar-refractivity contribution in [3.63, 3.8) is 0 Å². The number of hydrogen-bond donors (Lipinski definition) is 0. The monoisotopic (exact) mass is 302 g/mol. The third-order valence-electron chi connectivity index (χ3n) is 2.51. The predicted molar refractivity (Wildman–Crippen MR) is 62.9 cm³/mol. The molecule has 0 unspecified atom stereocenters. The summed E-state index contributed by atoms with van der Waals surface area (Å²) in [5.74, 6) is -3.67. The Morgan fingerprint density at radius 1 is 0.905 bits per heavy atom. The van der Waals surface area contributed by atoms with Gasteiger partial charge >= 0.3 is 6.36 Å². The summed E-state index contributed by atoms with van der Waals surface area (Å²) in [5.41, 5.74) is -0.319. The SMILES string of the molecule is O=C(c1cccc(OC(F)(F)F)c1)c1ccc(F)c(F)c1. The van der Waals surface area contributed by atoms with Crippen molar-refractivity contribution in [3.05, 3.63) is 65.2 Å². The summed E-state index contributed by atoms with van der Waals surface area (Å²) < 4.78 is 65.8. The summed E-state index contributed by atoms with van der Waals surface area (Å²) in [6.07, 6.45) is -4.89. The minimum Gasteiger partial charge on any atom is -0.406 e. The van der Waals surface area contributed by atoms with Crippen molar-refractivity contribution in [2.45, 2.75) is 6.36 Å². The Balaban J connectivity index is 2.31. The molecule has 0 aromatic heterocycles. The van der Waals surface area contributed by atoms with Crippen LogP contribution in [0.5, 0.6) is 5.75 Å². The van der Waals surface area contributed by atoms with Gasteiger partial charge in [0.05, 0.1) is 0 Å². The van der Waals surface area contributed by atoms with Crippen LogP contribution in [-0.4, -0.2) is 12.1 Å². The highest BCUT2D eigenvalue weighted by Gasteiger charge is 2.31. The third-order valence-corrected chi connectivity index (χ3v) is 2.51. The van der Waals surface area contributed by atoms with Crippen LogP contribution in [-0.2, 0) is 0 Å². The van der Waals surface area contributed by atoms with Crippen molar-refractivity contribution in [1.29, 1.82) is 0 Å². The fraction of sp³-hybridized carbons (Fsp3) is 0.0714. The molecule has 2 nitrogen and oxygen atoms in total. The van der Waals surface area contributed by atoms with E-state index in [1.807, 2.05) is 0 Å². The molecular formula is C14H7F5O2. The van der Waals surface area contributed by atoms with Gasteiger partial charge in [0.25, 0.3) is 0 Å². The molecule has 0 saturated carbocycles. The van der Waals surface area contributed by atoms with Crippen LogP contribution >= 0.6 is 0 Å². The number of halogens is 5. The van der Waals surface area contributed by atoms with Gasteiger partial charge in [0.2, 0.25) is 0 Å². The quantitative estimate of drug-likeness (QED) is 0.630. The Morgan fingerprint density at radius 3 is 2.19 bits per heavy atom. The molecule has 0 amide bonds. The zero-order valence-electron chi connectivity index (χ0n) is 10.2. The number of hydrogen-bond acceptors (Lipinski definition) is 2. The molecule has 0 fully saturated rings. The minimum absolute atomic E-state index is 0.136. The van der Waals surface area contributed by atoms with E-state index < -0.39 is 29.5 Å². The molecule has 0 aliphatic heterocycles. The summed E-state index contributed by atoms with van der Waals surface area (Å²) in [7, 11) is 0. The number of rotatable bonds is 3. The number of benzene rings is 2. The standard InChI is InChI=1S/C14H7F5O2/c15-11-5-4-9(7-12(11)16)13(20)8-2-1-3-10(6-8)21-14(17,18)19/h1-7H. The number of carbonyl (C=O) groups is 1. The highest BCUT2D eigenvalue weighted by atomic mass is 19.4. The molecule has 0 bridgehead atoms. The molecule has 0 N–H and O–H groups in total. The largest absolute Gasteiger partial charge is 0.573 e. The fourth-order valence-electron chi connectivity index (χ4n) is 1.64. The van der Waals surface area contributed by atoms with E-state index in [1.54, 1.807) is 0 Å². The topological polar surface area (TPSA) is 26.3 Å².